The molecule has 0 bridgehead atoms. The average Bonchev–Trinajstić information content (AvgIpc) is 2.27. The lowest BCUT2D eigenvalue weighted by atomic mass is 9.80. The fourth-order valence-corrected chi connectivity index (χ4v) is 2.31. The molecule has 0 radical (unpaired) electrons. The molecule has 1 atom stereocenters. The van der Waals surface area contributed by atoms with Gasteiger partial charge in [0.05, 0.1) is 0 Å². The highest BCUT2D eigenvalue weighted by Gasteiger charge is 2.23. The van der Waals surface area contributed by atoms with Crippen molar-refractivity contribution in [3.63, 3.8) is 0 Å². The predicted octanol–water partition coefficient (Wildman–Crippen LogP) is 2.69. The first kappa shape index (κ1) is 15.5. The number of rotatable bonds is 4. The maximum absolute atomic E-state index is 11.9. The number of nitrogens with one attached hydrogen (secondary N) is 1. The highest BCUT2D eigenvalue weighted by atomic mass is 16.1. The van der Waals surface area contributed by atoms with Gasteiger partial charge in [-0.05, 0) is 42.9 Å². The van der Waals surface area contributed by atoms with Crippen molar-refractivity contribution in [3.8, 4) is 0 Å². The number of carbonyl (C=O) groups excluding carboxylic acids is 1. The Bertz CT molecular complexity index is 262. The van der Waals surface area contributed by atoms with Crippen LogP contribution in [0.5, 0.6) is 0 Å². The van der Waals surface area contributed by atoms with Crippen molar-refractivity contribution in [2.24, 2.45) is 23.0 Å². The number of carbonyl (C=O) groups is 1. The van der Waals surface area contributed by atoms with Crippen LogP contribution in [0.1, 0.15) is 59.8 Å². The molecule has 106 valence electrons. The van der Waals surface area contributed by atoms with E-state index >= 15 is 0 Å². The van der Waals surface area contributed by atoms with Crippen molar-refractivity contribution in [2.45, 2.75) is 65.8 Å². The molecule has 1 unspecified atom stereocenters. The van der Waals surface area contributed by atoms with Crippen molar-refractivity contribution in [2.75, 3.05) is 6.54 Å². The summed E-state index contributed by atoms with van der Waals surface area (Å²) in [4.78, 5) is 11.9. The van der Waals surface area contributed by atoms with Gasteiger partial charge < -0.3 is 11.1 Å². The molecule has 3 nitrogen and oxygen atoms in total. The highest BCUT2D eigenvalue weighted by Crippen LogP contribution is 2.28. The summed E-state index contributed by atoms with van der Waals surface area (Å²) in [5.41, 5.74) is 6.08. The summed E-state index contributed by atoms with van der Waals surface area (Å²) in [5, 5.41) is 3.09. The van der Waals surface area contributed by atoms with Crippen LogP contribution in [0, 0.1) is 17.3 Å². The Labute approximate surface area is 112 Å². The third-order valence-electron chi connectivity index (χ3n) is 4.45. The summed E-state index contributed by atoms with van der Waals surface area (Å²) in [6.45, 7) is 9.55. The van der Waals surface area contributed by atoms with Crippen molar-refractivity contribution in [1.82, 2.24) is 5.32 Å². The van der Waals surface area contributed by atoms with E-state index in [1.165, 1.54) is 0 Å². The number of amides is 1. The standard InChI is InChI=1S/C15H30N2O/c1-11(15(2,3)4)9-14(18)17-10-12-5-7-13(16)8-6-12/h11-13H,5-10,16H2,1-4H3,(H,17,18). The topological polar surface area (TPSA) is 55.1 Å². The van der Waals surface area contributed by atoms with Gasteiger partial charge in [-0.25, -0.2) is 0 Å². The zero-order valence-electron chi connectivity index (χ0n) is 12.5. The first-order chi connectivity index (χ1) is 8.29. The molecule has 0 aliphatic heterocycles. The van der Waals surface area contributed by atoms with E-state index in [9.17, 15) is 4.79 Å². The van der Waals surface area contributed by atoms with Crippen LogP contribution >= 0.6 is 0 Å². The van der Waals surface area contributed by atoms with E-state index in [2.05, 4.69) is 33.0 Å². The molecule has 0 aromatic heterocycles. The Morgan fingerprint density at radius 1 is 1.28 bits per heavy atom. The molecule has 3 N–H and O–H groups in total. The molecule has 1 aliphatic carbocycles. The molecule has 18 heavy (non-hydrogen) atoms. The van der Waals surface area contributed by atoms with E-state index in [0.29, 0.717) is 24.3 Å². The zero-order valence-corrected chi connectivity index (χ0v) is 12.5. The van der Waals surface area contributed by atoms with Crippen molar-refractivity contribution in [3.05, 3.63) is 0 Å². The van der Waals surface area contributed by atoms with Gasteiger partial charge in [0.15, 0.2) is 0 Å². The van der Waals surface area contributed by atoms with Crippen LogP contribution in [0.15, 0.2) is 0 Å². The maximum Gasteiger partial charge on any atom is 0.220 e. The summed E-state index contributed by atoms with van der Waals surface area (Å²) < 4.78 is 0. The van der Waals surface area contributed by atoms with Gasteiger partial charge >= 0.3 is 0 Å². The molecule has 1 fully saturated rings. The quantitative estimate of drug-likeness (QED) is 0.810. The van der Waals surface area contributed by atoms with Crippen molar-refractivity contribution in [1.29, 1.82) is 0 Å². The Morgan fingerprint density at radius 2 is 1.83 bits per heavy atom. The molecule has 0 aromatic rings. The van der Waals surface area contributed by atoms with Gasteiger partial charge in [0, 0.05) is 19.0 Å². The SMILES string of the molecule is CC(CC(=O)NCC1CCC(N)CC1)C(C)(C)C. The van der Waals surface area contributed by atoms with Crippen LogP contribution in [0.25, 0.3) is 0 Å². The Kier molecular flexibility index (Phi) is 5.64. The van der Waals surface area contributed by atoms with E-state index in [1.807, 2.05) is 0 Å². The minimum Gasteiger partial charge on any atom is -0.356 e. The van der Waals surface area contributed by atoms with Gasteiger partial charge in [0.2, 0.25) is 5.91 Å². The van der Waals surface area contributed by atoms with Crippen LogP contribution < -0.4 is 11.1 Å². The fourth-order valence-electron chi connectivity index (χ4n) is 2.31. The van der Waals surface area contributed by atoms with Crippen molar-refractivity contribution < 1.29 is 4.79 Å². The summed E-state index contributed by atoms with van der Waals surface area (Å²) in [5.74, 6) is 1.25. The smallest absolute Gasteiger partial charge is 0.220 e. The van der Waals surface area contributed by atoms with E-state index < -0.39 is 0 Å². The van der Waals surface area contributed by atoms with E-state index in [-0.39, 0.29) is 11.3 Å². The molecular formula is C15H30N2O. The van der Waals surface area contributed by atoms with Gasteiger partial charge in [0.1, 0.15) is 0 Å². The summed E-state index contributed by atoms with van der Waals surface area (Å²) >= 11 is 0. The second-order valence-corrected chi connectivity index (χ2v) is 7.06. The second kappa shape index (κ2) is 6.55. The minimum atomic E-state index is 0.201. The lowest BCUT2D eigenvalue weighted by molar-refractivity contribution is -0.122. The van der Waals surface area contributed by atoms with Crippen molar-refractivity contribution >= 4 is 5.91 Å². The Morgan fingerprint density at radius 3 is 2.33 bits per heavy atom. The molecule has 0 heterocycles. The fraction of sp³-hybridized carbons (Fsp3) is 0.933. The number of hydrogen-bond acceptors (Lipinski definition) is 2. The van der Waals surface area contributed by atoms with Crippen LogP contribution in [0.4, 0.5) is 0 Å². The first-order valence-electron chi connectivity index (χ1n) is 7.31. The lowest BCUT2D eigenvalue weighted by Crippen LogP contribution is -2.35. The van der Waals surface area contributed by atoms with Gasteiger partial charge in [-0.3, -0.25) is 4.79 Å². The second-order valence-electron chi connectivity index (χ2n) is 7.06. The van der Waals surface area contributed by atoms with Gasteiger partial charge in [0.25, 0.3) is 0 Å². The molecular weight excluding hydrogens is 224 g/mol. The predicted molar refractivity (Wildman–Crippen MR) is 76.2 cm³/mol. The van der Waals surface area contributed by atoms with Gasteiger partial charge in [-0.2, -0.15) is 0 Å². The molecule has 1 amide bonds. The van der Waals surface area contributed by atoms with Gasteiger partial charge in [-0.1, -0.05) is 27.7 Å². The highest BCUT2D eigenvalue weighted by molar-refractivity contribution is 5.76. The summed E-state index contributed by atoms with van der Waals surface area (Å²) in [6.07, 6.45) is 5.18. The molecule has 0 aromatic carbocycles. The molecule has 0 spiro atoms. The number of nitrogens with two attached hydrogens (primary N) is 1. The molecule has 1 saturated carbocycles. The lowest BCUT2D eigenvalue weighted by Gasteiger charge is -2.28. The zero-order chi connectivity index (χ0) is 13.8. The molecule has 1 aliphatic rings. The molecule has 1 rings (SSSR count). The summed E-state index contributed by atoms with van der Waals surface area (Å²) in [7, 11) is 0. The average molecular weight is 254 g/mol. The normalized spacial score (nSPS) is 26.7. The monoisotopic (exact) mass is 254 g/mol. The summed E-state index contributed by atoms with van der Waals surface area (Å²) in [6, 6.07) is 0.387. The first-order valence-corrected chi connectivity index (χ1v) is 7.31. The Balaban J connectivity index is 2.21. The third-order valence-corrected chi connectivity index (χ3v) is 4.45. The third kappa shape index (κ3) is 5.38. The van der Waals surface area contributed by atoms with Gasteiger partial charge in [-0.15, -0.1) is 0 Å². The molecule has 3 heteroatoms. The maximum atomic E-state index is 11.9. The number of hydrogen-bond donors (Lipinski definition) is 2. The van der Waals surface area contributed by atoms with Crippen LogP contribution in [0.3, 0.4) is 0 Å². The van der Waals surface area contributed by atoms with Crippen LogP contribution in [0.2, 0.25) is 0 Å². The largest absolute Gasteiger partial charge is 0.356 e. The van der Waals surface area contributed by atoms with E-state index in [4.69, 9.17) is 5.73 Å². The Hall–Kier alpha value is -0.570. The van der Waals surface area contributed by atoms with E-state index in [0.717, 1.165) is 32.2 Å². The van der Waals surface area contributed by atoms with Crippen LogP contribution in [-0.2, 0) is 4.79 Å². The minimum absolute atomic E-state index is 0.201. The van der Waals surface area contributed by atoms with Crippen LogP contribution in [-0.4, -0.2) is 18.5 Å². The molecule has 0 saturated heterocycles. The van der Waals surface area contributed by atoms with E-state index in [1.54, 1.807) is 0 Å².